The number of carbonyl (C=O) groups excluding carboxylic acids is 1. The Hall–Kier alpha value is -2.16. The number of hydrogen-bond donors (Lipinski definition) is 2. The van der Waals surface area contributed by atoms with Gasteiger partial charge >= 0.3 is 0 Å². The predicted octanol–water partition coefficient (Wildman–Crippen LogP) is 2.77. The summed E-state index contributed by atoms with van der Waals surface area (Å²) >= 11 is 17.1. The van der Waals surface area contributed by atoms with Crippen molar-refractivity contribution in [2.45, 2.75) is 0 Å². The van der Waals surface area contributed by atoms with Crippen LogP contribution >= 0.6 is 35.4 Å². The van der Waals surface area contributed by atoms with Gasteiger partial charge in [-0.25, -0.2) is 4.98 Å². The van der Waals surface area contributed by atoms with Crippen LogP contribution in [-0.2, 0) is 0 Å². The van der Waals surface area contributed by atoms with Crippen molar-refractivity contribution in [3.8, 4) is 5.88 Å². The number of benzene rings is 1. The number of ether oxygens (including phenoxy) is 1. The number of rotatable bonds is 3. The maximum Gasteiger partial charge on any atom is 0.290 e. The van der Waals surface area contributed by atoms with Crippen LogP contribution in [0.5, 0.6) is 5.88 Å². The van der Waals surface area contributed by atoms with E-state index >= 15 is 0 Å². The van der Waals surface area contributed by atoms with Gasteiger partial charge in [-0.3, -0.25) is 20.2 Å². The maximum atomic E-state index is 12.1. The highest BCUT2D eigenvalue weighted by atomic mass is 35.5. The van der Waals surface area contributed by atoms with Crippen LogP contribution in [0.1, 0.15) is 10.5 Å². The summed E-state index contributed by atoms with van der Waals surface area (Å²) in [6.45, 7) is 0. The molecule has 0 bridgehead atoms. The van der Waals surface area contributed by atoms with Crippen molar-refractivity contribution >= 4 is 52.1 Å². The quantitative estimate of drug-likeness (QED) is 0.620. The number of amides is 1. The third-order valence-electron chi connectivity index (χ3n) is 2.80. The highest BCUT2D eigenvalue weighted by Gasteiger charge is 2.14. The largest absolute Gasteiger partial charge is 0.480 e. The number of thiocarbonyl (C=S) groups is 1. The van der Waals surface area contributed by atoms with Gasteiger partial charge in [0.05, 0.1) is 30.2 Å². The summed E-state index contributed by atoms with van der Waals surface area (Å²) in [7, 11) is 3.01. The predicted molar refractivity (Wildman–Crippen MR) is 96.5 cm³/mol. The Morgan fingerprint density at radius 2 is 2.08 bits per heavy atom. The number of methoxy groups -OCH3 is 1. The number of halogens is 2. The molecule has 1 aromatic heterocycles. The molecule has 1 amide bonds. The van der Waals surface area contributed by atoms with Gasteiger partial charge in [0, 0.05) is 12.1 Å². The summed E-state index contributed by atoms with van der Waals surface area (Å²) in [5, 5.41) is 5.37. The molecule has 126 valence electrons. The van der Waals surface area contributed by atoms with Gasteiger partial charge in [-0.1, -0.05) is 23.2 Å². The fourth-order valence-electron chi connectivity index (χ4n) is 1.61. The zero-order valence-electron chi connectivity index (χ0n) is 12.7. The first-order valence-electron chi connectivity index (χ1n) is 6.57. The third-order valence-corrected chi connectivity index (χ3v) is 3.72. The van der Waals surface area contributed by atoms with E-state index in [1.54, 1.807) is 25.2 Å². The van der Waals surface area contributed by atoms with Crippen LogP contribution in [0.25, 0.3) is 0 Å². The minimum Gasteiger partial charge on any atom is -0.480 e. The Morgan fingerprint density at radius 3 is 2.75 bits per heavy atom. The van der Waals surface area contributed by atoms with E-state index in [0.717, 1.165) is 0 Å². The smallest absolute Gasteiger partial charge is 0.290 e. The van der Waals surface area contributed by atoms with Crippen LogP contribution in [0, 0.1) is 0 Å². The number of aromatic nitrogens is 2. The maximum absolute atomic E-state index is 12.1. The third kappa shape index (κ3) is 4.67. The monoisotopic (exact) mass is 385 g/mol. The molecule has 0 fully saturated rings. The van der Waals surface area contributed by atoms with E-state index in [-0.39, 0.29) is 16.7 Å². The Kier molecular flexibility index (Phi) is 6.13. The van der Waals surface area contributed by atoms with Crippen molar-refractivity contribution in [2.24, 2.45) is 0 Å². The lowest BCUT2D eigenvalue weighted by molar-refractivity contribution is 0.0882. The normalized spacial score (nSPS) is 10.0. The molecule has 1 heterocycles. The Bertz CT molecular complexity index is 775. The van der Waals surface area contributed by atoms with Crippen molar-refractivity contribution in [3.05, 3.63) is 46.3 Å². The Labute approximate surface area is 153 Å². The minimum atomic E-state index is -0.491. The van der Waals surface area contributed by atoms with Crippen LogP contribution in [0.3, 0.4) is 0 Å². The average Bonchev–Trinajstić information content (AvgIpc) is 2.57. The average molecular weight is 386 g/mol. The first-order valence-corrected chi connectivity index (χ1v) is 7.74. The topological polar surface area (TPSA) is 79.4 Å². The molecule has 0 aliphatic rings. The molecule has 10 heteroatoms. The van der Waals surface area contributed by atoms with E-state index in [9.17, 15) is 4.79 Å². The number of carbonyl (C=O) groups is 1. The van der Waals surface area contributed by atoms with E-state index in [1.165, 1.54) is 24.5 Å². The van der Waals surface area contributed by atoms with E-state index in [0.29, 0.717) is 15.7 Å². The molecule has 7 nitrogen and oxygen atoms in total. The summed E-state index contributed by atoms with van der Waals surface area (Å²) in [5.41, 5.74) is 3.22. The molecule has 2 rings (SSSR count). The lowest BCUT2D eigenvalue weighted by Gasteiger charge is -2.22. The van der Waals surface area contributed by atoms with Gasteiger partial charge in [-0.05, 0) is 30.4 Å². The van der Waals surface area contributed by atoms with Gasteiger partial charge in [-0.2, -0.15) is 0 Å². The highest BCUT2D eigenvalue weighted by molar-refractivity contribution is 7.80. The number of nitrogens with one attached hydrogen (secondary N) is 2. The van der Waals surface area contributed by atoms with Crippen LogP contribution in [0.4, 0.5) is 5.69 Å². The van der Waals surface area contributed by atoms with Crippen molar-refractivity contribution < 1.29 is 9.53 Å². The molecule has 2 N–H and O–H groups in total. The Balaban J connectivity index is 2.01. The second kappa shape index (κ2) is 8.09. The number of nitrogens with zero attached hydrogens (tertiary/aromatic N) is 3. The van der Waals surface area contributed by atoms with Gasteiger partial charge in [-0.15, -0.1) is 0 Å². The second-order valence-corrected chi connectivity index (χ2v) is 5.73. The molecule has 0 aliphatic carbocycles. The van der Waals surface area contributed by atoms with Gasteiger partial charge in [0.2, 0.25) is 5.88 Å². The van der Waals surface area contributed by atoms with Crippen LogP contribution in [0.15, 0.2) is 30.6 Å². The lowest BCUT2D eigenvalue weighted by Crippen LogP contribution is -2.45. The molecule has 0 saturated carbocycles. The Morgan fingerprint density at radius 1 is 1.33 bits per heavy atom. The zero-order valence-corrected chi connectivity index (χ0v) is 15.0. The van der Waals surface area contributed by atoms with Crippen LogP contribution < -0.4 is 15.5 Å². The highest BCUT2D eigenvalue weighted by Crippen LogP contribution is 2.25. The molecule has 0 atom stereocenters. The molecule has 0 saturated heterocycles. The van der Waals surface area contributed by atoms with Gasteiger partial charge in [0.15, 0.2) is 10.8 Å². The first-order chi connectivity index (χ1) is 11.4. The molecule has 2 aromatic rings. The number of hydrogen-bond acceptors (Lipinski definition) is 5. The molecule has 1 aromatic carbocycles. The van der Waals surface area contributed by atoms with Crippen molar-refractivity contribution in [2.75, 3.05) is 19.5 Å². The molecule has 0 aliphatic heterocycles. The van der Waals surface area contributed by atoms with E-state index < -0.39 is 5.91 Å². The van der Waals surface area contributed by atoms with Gasteiger partial charge < -0.3 is 10.1 Å². The summed E-state index contributed by atoms with van der Waals surface area (Å²) in [6, 6.07) is 4.93. The number of hydrazine groups is 1. The van der Waals surface area contributed by atoms with E-state index in [2.05, 4.69) is 20.7 Å². The summed E-state index contributed by atoms with van der Waals surface area (Å²) in [6.07, 6.45) is 2.72. The van der Waals surface area contributed by atoms with Gasteiger partial charge in [0.25, 0.3) is 5.91 Å². The van der Waals surface area contributed by atoms with Crippen LogP contribution in [-0.4, -0.2) is 40.2 Å². The van der Waals surface area contributed by atoms with Crippen molar-refractivity contribution in [1.82, 2.24) is 20.4 Å². The number of anilines is 1. The van der Waals surface area contributed by atoms with Crippen LogP contribution in [0.2, 0.25) is 10.0 Å². The standard InChI is InChI=1S/C14H13Cl2N5O2S/c1-21(14(24)19-10-4-3-8(15)5-9(10)16)20-13(22)11-6-17-7-12(18-11)23-2/h3-7H,1-2H3,(H,19,24)(H,20,22). The molecular formula is C14H13Cl2N5O2S. The van der Waals surface area contributed by atoms with Crippen molar-refractivity contribution in [1.29, 1.82) is 0 Å². The minimum absolute atomic E-state index is 0.0912. The summed E-state index contributed by atoms with van der Waals surface area (Å²) < 4.78 is 4.93. The van der Waals surface area contributed by atoms with E-state index in [1.807, 2.05) is 0 Å². The van der Waals surface area contributed by atoms with Gasteiger partial charge in [0.1, 0.15) is 0 Å². The summed E-state index contributed by atoms with van der Waals surface area (Å²) in [5.74, 6) is -0.255. The SMILES string of the molecule is COc1cncc(C(=O)NN(C)C(=S)Nc2ccc(Cl)cc2Cl)n1. The first kappa shape index (κ1) is 18.2. The fourth-order valence-corrected chi connectivity index (χ4v) is 2.22. The van der Waals surface area contributed by atoms with Crippen molar-refractivity contribution in [3.63, 3.8) is 0 Å². The fraction of sp³-hybridized carbons (Fsp3) is 0.143. The second-order valence-electron chi connectivity index (χ2n) is 4.50. The molecule has 0 radical (unpaired) electrons. The molecular weight excluding hydrogens is 373 g/mol. The molecule has 0 unspecified atom stereocenters. The molecule has 24 heavy (non-hydrogen) atoms. The zero-order chi connectivity index (χ0) is 17.7. The lowest BCUT2D eigenvalue weighted by atomic mass is 10.3. The molecule has 0 spiro atoms. The van der Waals surface area contributed by atoms with E-state index in [4.69, 9.17) is 40.2 Å². The summed E-state index contributed by atoms with van der Waals surface area (Å²) in [4.78, 5) is 20.0.